The van der Waals surface area contributed by atoms with Gasteiger partial charge in [0.25, 0.3) is 11.8 Å². The second-order valence-electron chi connectivity index (χ2n) is 7.70. The average Bonchev–Trinajstić information content (AvgIpc) is 3.13. The number of aryl methyl sites for hydroxylation is 1. The van der Waals surface area contributed by atoms with Crippen LogP contribution in [-0.2, 0) is 9.53 Å². The Bertz CT molecular complexity index is 1290. The third-order valence-corrected chi connectivity index (χ3v) is 6.64. The van der Waals surface area contributed by atoms with Gasteiger partial charge in [-0.15, -0.1) is 11.3 Å². The summed E-state index contributed by atoms with van der Waals surface area (Å²) in [5, 5.41) is 7.66. The van der Waals surface area contributed by atoms with Crippen molar-refractivity contribution in [2.24, 2.45) is 5.10 Å². The van der Waals surface area contributed by atoms with Crippen LogP contribution in [0.1, 0.15) is 50.6 Å². The van der Waals surface area contributed by atoms with Gasteiger partial charge in [0.05, 0.1) is 18.4 Å². The molecule has 2 amide bonds. The van der Waals surface area contributed by atoms with Crippen LogP contribution in [0.4, 0.5) is 5.00 Å². The highest BCUT2D eigenvalue weighted by Crippen LogP contribution is 2.33. The van der Waals surface area contributed by atoms with Gasteiger partial charge in [0.2, 0.25) is 0 Å². The van der Waals surface area contributed by atoms with Gasteiger partial charge in [-0.2, -0.15) is 5.10 Å². The number of hydrogen-bond donors (Lipinski definition) is 2. The fraction of sp³-hybridized carbons (Fsp3) is 0.231. The van der Waals surface area contributed by atoms with E-state index in [1.807, 2.05) is 19.9 Å². The van der Waals surface area contributed by atoms with Crippen molar-refractivity contribution in [3.05, 3.63) is 80.7 Å². The molecular weight excluding hydrogens is 502 g/mol. The molecule has 0 aliphatic rings. The number of thiophene rings is 1. The van der Waals surface area contributed by atoms with E-state index >= 15 is 0 Å². The van der Waals surface area contributed by atoms with E-state index in [1.165, 1.54) is 17.6 Å². The van der Waals surface area contributed by atoms with Crippen LogP contribution in [0.3, 0.4) is 0 Å². The fourth-order valence-electron chi connectivity index (χ4n) is 3.12. The molecule has 0 bridgehead atoms. The zero-order chi connectivity index (χ0) is 26.2. The predicted octanol–water partition coefficient (Wildman–Crippen LogP) is 5.36. The molecule has 1 heterocycles. The monoisotopic (exact) mass is 527 g/mol. The van der Waals surface area contributed by atoms with E-state index in [9.17, 15) is 14.4 Å². The van der Waals surface area contributed by atoms with E-state index in [4.69, 9.17) is 21.1 Å². The normalized spacial score (nSPS) is 11.7. The number of esters is 1. The highest BCUT2D eigenvalue weighted by molar-refractivity contribution is 7.16. The molecule has 0 fully saturated rings. The molecule has 2 aromatic carbocycles. The molecule has 10 heteroatoms. The zero-order valence-corrected chi connectivity index (χ0v) is 21.8. The maximum atomic E-state index is 12.8. The Kier molecular flexibility index (Phi) is 9.21. The molecule has 1 unspecified atom stereocenters. The van der Waals surface area contributed by atoms with Gasteiger partial charge in [-0.3, -0.25) is 9.59 Å². The number of halogens is 1. The van der Waals surface area contributed by atoms with Crippen molar-refractivity contribution in [2.75, 3.05) is 11.9 Å². The number of carbonyl (C=O) groups excluding carboxylic acids is 3. The van der Waals surface area contributed by atoms with Gasteiger partial charge < -0.3 is 14.8 Å². The van der Waals surface area contributed by atoms with Crippen molar-refractivity contribution in [3.8, 4) is 5.75 Å². The van der Waals surface area contributed by atoms with Crippen molar-refractivity contribution in [2.45, 2.75) is 33.8 Å². The van der Waals surface area contributed by atoms with Crippen LogP contribution in [0.5, 0.6) is 5.75 Å². The van der Waals surface area contributed by atoms with Crippen LogP contribution in [0.2, 0.25) is 5.02 Å². The number of hydrazone groups is 1. The number of rotatable bonds is 9. The minimum Gasteiger partial charge on any atom is -0.481 e. The van der Waals surface area contributed by atoms with Crippen molar-refractivity contribution in [1.29, 1.82) is 0 Å². The lowest BCUT2D eigenvalue weighted by atomic mass is 10.1. The van der Waals surface area contributed by atoms with Gasteiger partial charge in [0.15, 0.2) is 6.10 Å². The molecule has 0 aliphatic carbocycles. The largest absolute Gasteiger partial charge is 0.481 e. The van der Waals surface area contributed by atoms with Crippen molar-refractivity contribution in [1.82, 2.24) is 5.43 Å². The fourth-order valence-corrected chi connectivity index (χ4v) is 4.35. The molecular formula is C26H26ClN3O5S. The molecule has 1 atom stereocenters. The van der Waals surface area contributed by atoms with Crippen LogP contribution in [0.15, 0.2) is 53.6 Å². The van der Waals surface area contributed by atoms with Crippen molar-refractivity contribution >= 4 is 51.9 Å². The first-order valence-electron chi connectivity index (χ1n) is 11.1. The van der Waals surface area contributed by atoms with Crippen LogP contribution in [0, 0.1) is 13.8 Å². The first kappa shape index (κ1) is 26.9. The van der Waals surface area contributed by atoms with Crippen LogP contribution in [0.25, 0.3) is 0 Å². The molecule has 36 heavy (non-hydrogen) atoms. The number of carbonyl (C=O) groups is 3. The maximum Gasteiger partial charge on any atom is 0.341 e. The van der Waals surface area contributed by atoms with Crippen LogP contribution in [-0.4, -0.2) is 36.7 Å². The lowest BCUT2D eigenvalue weighted by Crippen LogP contribution is -2.33. The number of nitrogens with zero attached hydrogens (tertiary/aromatic N) is 1. The topological polar surface area (TPSA) is 106 Å². The third-order valence-electron chi connectivity index (χ3n) is 5.17. The minimum atomic E-state index is -0.836. The van der Waals surface area contributed by atoms with E-state index in [0.717, 1.165) is 10.4 Å². The summed E-state index contributed by atoms with van der Waals surface area (Å²) in [5.41, 5.74) is 4.59. The summed E-state index contributed by atoms with van der Waals surface area (Å²) >= 11 is 7.37. The van der Waals surface area contributed by atoms with Gasteiger partial charge >= 0.3 is 5.97 Å². The Balaban J connectivity index is 1.59. The molecule has 0 radical (unpaired) electrons. The molecule has 188 valence electrons. The lowest BCUT2D eigenvalue weighted by Gasteiger charge is -2.13. The standard InChI is InChI=1S/C26H26ClN3O5S/c1-5-34-26(33)22-15(2)17(4)36-25(22)29-24(32)18-10-12-20(13-11-18)35-16(3)23(31)30-28-14-19-8-6-7-9-21(19)27/h6-14,16H,5H2,1-4H3,(H,29,32)(H,30,31)/b28-14+. The Morgan fingerprint density at radius 3 is 2.47 bits per heavy atom. The molecule has 3 aromatic rings. The number of benzene rings is 2. The summed E-state index contributed by atoms with van der Waals surface area (Å²) in [6.07, 6.45) is 0.613. The first-order valence-corrected chi connectivity index (χ1v) is 12.3. The first-order chi connectivity index (χ1) is 17.2. The number of ether oxygens (including phenoxy) is 2. The van der Waals surface area contributed by atoms with E-state index in [-0.39, 0.29) is 12.5 Å². The summed E-state index contributed by atoms with van der Waals surface area (Å²) in [7, 11) is 0. The number of amides is 2. The van der Waals surface area contributed by atoms with Crippen LogP contribution >= 0.6 is 22.9 Å². The summed E-state index contributed by atoms with van der Waals surface area (Å²) in [5.74, 6) is -0.899. The summed E-state index contributed by atoms with van der Waals surface area (Å²) < 4.78 is 10.8. The summed E-state index contributed by atoms with van der Waals surface area (Å²) in [6, 6.07) is 13.4. The third kappa shape index (κ3) is 6.71. The predicted molar refractivity (Wildman–Crippen MR) is 141 cm³/mol. The van der Waals surface area contributed by atoms with Gasteiger partial charge in [-0.05, 0) is 63.6 Å². The highest BCUT2D eigenvalue weighted by atomic mass is 35.5. The molecule has 1 aromatic heterocycles. The summed E-state index contributed by atoms with van der Waals surface area (Å²) in [6.45, 7) is 7.25. The zero-order valence-electron chi connectivity index (χ0n) is 20.3. The molecule has 2 N–H and O–H groups in total. The number of anilines is 1. The van der Waals surface area contributed by atoms with Gasteiger partial charge in [-0.25, -0.2) is 10.2 Å². The maximum absolute atomic E-state index is 12.8. The number of nitrogens with one attached hydrogen (secondary N) is 2. The average molecular weight is 528 g/mol. The van der Waals surface area contributed by atoms with E-state index in [1.54, 1.807) is 56.3 Å². The van der Waals surface area contributed by atoms with Crippen molar-refractivity contribution in [3.63, 3.8) is 0 Å². The summed E-state index contributed by atoms with van der Waals surface area (Å²) in [4.78, 5) is 38.3. The Hall–Kier alpha value is -3.69. The lowest BCUT2D eigenvalue weighted by molar-refractivity contribution is -0.127. The van der Waals surface area contributed by atoms with Crippen LogP contribution < -0.4 is 15.5 Å². The molecule has 0 saturated carbocycles. The van der Waals surface area contributed by atoms with Crippen molar-refractivity contribution < 1.29 is 23.9 Å². The second-order valence-corrected chi connectivity index (χ2v) is 9.33. The molecule has 0 saturated heterocycles. The Morgan fingerprint density at radius 2 is 1.81 bits per heavy atom. The van der Waals surface area contributed by atoms with E-state index < -0.39 is 18.0 Å². The quantitative estimate of drug-likeness (QED) is 0.221. The molecule has 3 rings (SSSR count). The molecule has 0 aliphatic heterocycles. The number of hydrogen-bond acceptors (Lipinski definition) is 7. The minimum absolute atomic E-state index is 0.242. The Labute approximate surface area is 218 Å². The second kappa shape index (κ2) is 12.3. The van der Waals surface area contributed by atoms with Gasteiger partial charge in [0.1, 0.15) is 10.8 Å². The smallest absolute Gasteiger partial charge is 0.341 e. The van der Waals surface area contributed by atoms with E-state index in [0.29, 0.717) is 32.5 Å². The Morgan fingerprint density at radius 1 is 1.11 bits per heavy atom. The molecule has 0 spiro atoms. The highest BCUT2D eigenvalue weighted by Gasteiger charge is 2.22. The molecule has 8 nitrogen and oxygen atoms in total. The van der Waals surface area contributed by atoms with E-state index in [2.05, 4.69) is 15.8 Å². The van der Waals surface area contributed by atoms with Gasteiger partial charge in [0, 0.05) is 21.0 Å². The SMILES string of the molecule is CCOC(=O)c1c(NC(=O)c2ccc(OC(C)C(=O)N/N=C/c3ccccc3Cl)cc2)sc(C)c1C. The van der Waals surface area contributed by atoms with Gasteiger partial charge in [-0.1, -0.05) is 29.8 Å².